The van der Waals surface area contributed by atoms with Crippen molar-refractivity contribution in [3.05, 3.63) is 92.5 Å². The van der Waals surface area contributed by atoms with Gasteiger partial charge in [-0.3, -0.25) is 19.7 Å². The normalized spacial score (nSPS) is 12.3. The van der Waals surface area contributed by atoms with Crippen LogP contribution in [-0.4, -0.2) is 26.7 Å². The van der Waals surface area contributed by atoms with E-state index in [1.54, 1.807) is 0 Å². The van der Waals surface area contributed by atoms with Crippen molar-refractivity contribution in [2.24, 2.45) is 0 Å². The fourth-order valence-corrected chi connectivity index (χ4v) is 3.44. The van der Waals surface area contributed by atoms with Crippen LogP contribution in [0.3, 0.4) is 0 Å². The van der Waals surface area contributed by atoms with E-state index in [4.69, 9.17) is 0 Å². The summed E-state index contributed by atoms with van der Waals surface area (Å²) in [6, 6.07) is 14.0. The molecule has 0 saturated heterocycles. The van der Waals surface area contributed by atoms with Crippen LogP contribution in [0.5, 0.6) is 11.5 Å². The third-order valence-corrected chi connectivity index (χ3v) is 4.78. The first-order valence-corrected chi connectivity index (χ1v) is 8.63. The minimum Gasteiger partial charge on any atom is -0.507 e. The lowest BCUT2D eigenvalue weighted by Crippen LogP contribution is -2.24. The maximum Gasteiger partial charge on any atom is 0.281 e. The number of carbonyl (C=O) groups is 2. The molecule has 0 radical (unpaired) electrons. The van der Waals surface area contributed by atoms with Gasteiger partial charge in [0.1, 0.15) is 17.1 Å². The zero-order valence-electron chi connectivity index (χ0n) is 14.9. The van der Waals surface area contributed by atoms with Crippen molar-refractivity contribution in [2.45, 2.75) is 6.54 Å². The van der Waals surface area contributed by atoms with E-state index >= 15 is 0 Å². The topological polar surface area (TPSA) is 130 Å². The molecule has 3 N–H and O–H groups in total. The number of rotatable bonds is 4. The molecule has 0 amide bonds. The van der Waals surface area contributed by atoms with Crippen LogP contribution >= 0.6 is 0 Å². The number of hydrogen-bond donors (Lipinski definition) is 3. The highest BCUT2D eigenvalue weighted by molar-refractivity contribution is 6.33. The Morgan fingerprint density at radius 3 is 2.03 bits per heavy atom. The molecule has 3 aromatic rings. The number of nitro benzene ring substituents is 1. The molecule has 0 saturated carbocycles. The summed E-state index contributed by atoms with van der Waals surface area (Å²) in [6.07, 6.45) is 0. The summed E-state index contributed by atoms with van der Waals surface area (Å²) >= 11 is 0. The molecule has 0 bridgehead atoms. The molecule has 0 aliphatic heterocycles. The number of hydrogen-bond acceptors (Lipinski definition) is 7. The van der Waals surface area contributed by atoms with Crippen LogP contribution in [0.2, 0.25) is 0 Å². The summed E-state index contributed by atoms with van der Waals surface area (Å²) in [4.78, 5) is 36.7. The van der Waals surface area contributed by atoms with E-state index in [2.05, 4.69) is 5.32 Å². The van der Waals surface area contributed by atoms with Gasteiger partial charge in [0, 0.05) is 18.3 Å². The van der Waals surface area contributed by atoms with E-state index in [0.29, 0.717) is 6.54 Å². The molecular weight excluding hydrogens is 376 g/mol. The molecule has 3 aromatic carbocycles. The summed E-state index contributed by atoms with van der Waals surface area (Å²) in [6.45, 7) is 0.341. The number of ketones is 2. The Kier molecular flexibility index (Phi) is 4.23. The largest absolute Gasteiger partial charge is 0.507 e. The first-order chi connectivity index (χ1) is 13.9. The van der Waals surface area contributed by atoms with E-state index in [1.165, 1.54) is 12.1 Å². The van der Waals surface area contributed by atoms with Crippen LogP contribution in [0.1, 0.15) is 37.4 Å². The lowest BCUT2D eigenvalue weighted by molar-refractivity contribution is -0.385. The van der Waals surface area contributed by atoms with E-state index in [1.807, 2.05) is 30.3 Å². The second kappa shape index (κ2) is 6.75. The van der Waals surface area contributed by atoms with Gasteiger partial charge in [0.2, 0.25) is 11.6 Å². The fraction of sp³-hybridized carbons (Fsp3) is 0.0476. The number of nitrogens with one attached hydrogen (secondary N) is 1. The first-order valence-electron chi connectivity index (χ1n) is 8.63. The number of phenolic OH excluding ortho intramolecular Hbond substituents is 2. The highest BCUT2D eigenvalue weighted by atomic mass is 16.6. The van der Waals surface area contributed by atoms with Crippen molar-refractivity contribution in [3.63, 3.8) is 0 Å². The fourth-order valence-electron chi connectivity index (χ4n) is 3.44. The Bertz CT molecular complexity index is 1190. The smallest absolute Gasteiger partial charge is 0.281 e. The van der Waals surface area contributed by atoms with E-state index < -0.39 is 44.8 Å². The first kappa shape index (κ1) is 18.2. The summed E-state index contributed by atoms with van der Waals surface area (Å²) in [5.74, 6) is -2.67. The molecule has 1 aliphatic rings. The third-order valence-electron chi connectivity index (χ3n) is 4.78. The molecule has 1 aliphatic carbocycles. The van der Waals surface area contributed by atoms with Crippen molar-refractivity contribution in [2.75, 3.05) is 5.32 Å². The molecular formula is C21H14N2O6. The molecule has 0 aromatic heterocycles. The number of anilines is 1. The molecule has 144 valence electrons. The summed E-state index contributed by atoms with van der Waals surface area (Å²) in [5.41, 5.74) is -0.834. The van der Waals surface area contributed by atoms with Crippen molar-refractivity contribution in [1.29, 1.82) is 0 Å². The zero-order valence-corrected chi connectivity index (χ0v) is 14.9. The number of fused-ring (bicyclic) bond motifs is 2. The molecule has 0 heterocycles. The van der Waals surface area contributed by atoms with Crippen LogP contribution in [-0.2, 0) is 6.54 Å². The van der Waals surface area contributed by atoms with Crippen LogP contribution < -0.4 is 5.32 Å². The average Bonchev–Trinajstić information content (AvgIpc) is 2.71. The minimum atomic E-state index is -0.891. The Morgan fingerprint density at radius 1 is 0.793 bits per heavy atom. The van der Waals surface area contributed by atoms with Gasteiger partial charge in [-0.25, -0.2) is 0 Å². The second-order valence-electron chi connectivity index (χ2n) is 6.49. The van der Waals surface area contributed by atoms with Crippen molar-refractivity contribution >= 4 is 22.9 Å². The Balaban J connectivity index is 1.87. The predicted octanol–water partition coefficient (Wildman–Crippen LogP) is 3.39. The quantitative estimate of drug-likeness (QED) is 0.277. The van der Waals surface area contributed by atoms with Crippen LogP contribution in [0.15, 0.2) is 54.6 Å². The molecule has 0 fully saturated rings. The number of benzene rings is 3. The lowest BCUT2D eigenvalue weighted by Gasteiger charge is -2.22. The number of carbonyl (C=O) groups excluding carboxylic acids is 2. The SMILES string of the molecule is O=C1c2c(O)ccc([N+](=O)[O-])c2C(=O)c2c(O)ccc(NCc3ccccc3)c21. The second-order valence-corrected chi connectivity index (χ2v) is 6.49. The molecule has 8 heteroatoms. The number of aromatic hydroxyl groups is 2. The van der Waals surface area contributed by atoms with E-state index in [9.17, 15) is 29.9 Å². The van der Waals surface area contributed by atoms with Gasteiger partial charge in [0.05, 0.1) is 21.6 Å². The molecule has 4 rings (SSSR count). The Morgan fingerprint density at radius 2 is 1.38 bits per heavy atom. The highest BCUT2D eigenvalue weighted by Gasteiger charge is 2.40. The van der Waals surface area contributed by atoms with Gasteiger partial charge >= 0.3 is 0 Å². The number of nitrogens with zero attached hydrogens (tertiary/aromatic N) is 1. The van der Waals surface area contributed by atoms with Crippen molar-refractivity contribution in [3.8, 4) is 11.5 Å². The maximum atomic E-state index is 13.1. The van der Waals surface area contributed by atoms with Gasteiger partial charge in [-0.1, -0.05) is 30.3 Å². The predicted molar refractivity (Wildman–Crippen MR) is 104 cm³/mol. The highest BCUT2D eigenvalue weighted by Crippen LogP contribution is 2.42. The molecule has 0 atom stereocenters. The minimum absolute atomic E-state index is 0.130. The third kappa shape index (κ3) is 2.87. The van der Waals surface area contributed by atoms with Gasteiger partial charge in [0.15, 0.2) is 0 Å². The Hall–Kier alpha value is -4.20. The van der Waals surface area contributed by atoms with Gasteiger partial charge in [-0.05, 0) is 23.8 Å². The monoisotopic (exact) mass is 390 g/mol. The lowest BCUT2D eigenvalue weighted by atomic mass is 9.81. The Labute approximate surface area is 164 Å². The zero-order chi connectivity index (χ0) is 20.7. The van der Waals surface area contributed by atoms with Crippen LogP contribution in [0.25, 0.3) is 0 Å². The van der Waals surface area contributed by atoms with Crippen LogP contribution in [0.4, 0.5) is 11.4 Å². The summed E-state index contributed by atoms with van der Waals surface area (Å²) in [7, 11) is 0. The van der Waals surface area contributed by atoms with Gasteiger partial charge in [0.25, 0.3) is 5.69 Å². The number of phenols is 2. The van der Waals surface area contributed by atoms with Crippen molar-refractivity contribution in [1.82, 2.24) is 0 Å². The summed E-state index contributed by atoms with van der Waals surface area (Å²) < 4.78 is 0. The molecule has 29 heavy (non-hydrogen) atoms. The van der Waals surface area contributed by atoms with Gasteiger partial charge in [-0.15, -0.1) is 0 Å². The molecule has 8 nitrogen and oxygen atoms in total. The molecule has 0 unspecified atom stereocenters. The summed E-state index contributed by atoms with van der Waals surface area (Å²) in [5, 5.41) is 34.8. The van der Waals surface area contributed by atoms with E-state index in [-0.39, 0.29) is 16.8 Å². The maximum absolute atomic E-state index is 13.1. The van der Waals surface area contributed by atoms with Crippen molar-refractivity contribution < 1.29 is 24.7 Å². The van der Waals surface area contributed by atoms with Gasteiger partial charge < -0.3 is 15.5 Å². The van der Waals surface area contributed by atoms with Gasteiger partial charge in [-0.2, -0.15) is 0 Å². The number of nitro groups is 1. The average molecular weight is 390 g/mol. The standard InChI is InChI=1S/C21H14N2O6/c24-14-8-6-12(22-10-11-4-2-1-3-5-11)16-18(14)21(27)17-13(23(28)29)7-9-15(25)19(17)20(16)26/h1-9,22,24-25H,10H2. The molecule has 0 spiro atoms. The van der Waals surface area contributed by atoms with Crippen LogP contribution in [0, 0.1) is 10.1 Å². The van der Waals surface area contributed by atoms with E-state index in [0.717, 1.165) is 17.7 Å².